The number of hydrogen-bond donors (Lipinski definition) is 2. The first-order valence-corrected chi connectivity index (χ1v) is 6.18. The van der Waals surface area contributed by atoms with Crippen molar-refractivity contribution in [3.05, 3.63) is 29.6 Å². The number of hydrogen-bond acceptors (Lipinski definition) is 3. The van der Waals surface area contributed by atoms with Crippen molar-refractivity contribution in [2.45, 2.75) is 33.2 Å². The first-order valence-electron chi connectivity index (χ1n) is 6.18. The van der Waals surface area contributed by atoms with E-state index in [4.69, 9.17) is 0 Å². The zero-order chi connectivity index (χ0) is 12.5. The predicted molar refractivity (Wildman–Crippen MR) is 68.6 cm³/mol. The lowest BCUT2D eigenvalue weighted by molar-refractivity contribution is -0.120. The van der Waals surface area contributed by atoms with Crippen molar-refractivity contribution < 1.29 is 4.79 Å². The maximum Gasteiger partial charge on any atom is 0.221 e. The van der Waals surface area contributed by atoms with E-state index in [1.165, 1.54) is 5.56 Å². The molecule has 0 atom stereocenters. The van der Waals surface area contributed by atoms with Gasteiger partial charge in [0.1, 0.15) is 0 Å². The van der Waals surface area contributed by atoms with Crippen LogP contribution in [0.1, 0.15) is 31.5 Å². The molecule has 4 nitrogen and oxygen atoms in total. The van der Waals surface area contributed by atoms with Crippen molar-refractivity contribution in [3.63, 3.8) is 0 Å². The van der Waals surface area contributed by atoms with Crippen molar-refractivity contribution in [2.24, 2.45) is 0 Å². The molecule has 0 saturated heterocycles. The van der Waals surface area contributed by atoms with E-state index in [-0.39, 0.29) is 5.91 Å². The molecule has 0 spiro atoms. The summed E-state index contributed by atoms with van der Waals surface area (Å²) in [5.41, 5.74) is 2.34. The molecule has 1 aromatic heterocycles. The molecule has 2 N–H and O–H groups in total. The highest BCUT2D eigenvalue weighted by Gasteiger charge is 2.02. The number of nitrogens with zero attached hydrogens (tertiary/aromatic N) is 1. The molecule has 17 heavy (non-hydrogen) atoms. The van der Waals surface area contributed by atoms with Crippen molar-refractivity contribution in [2.75, 3.05) is 13.1 Å². The Labute approximate surface area is 103 Å². The van der Waals surface area contributed by atoms with Crippen LogP contribution in [0.5, 0.6) is 0 Å². The zero-order valence-corrected chi connectivity index (χ0v) is 10.6. The molecular formula is C13H21N3O. The summed E-state index contributed by atoms with van der Waals surface area (Å²) < 4.78 is 0. The number of aryl methyl sites for hydroxylation is 1. The fraction of sp³-hybridized carbons (Fsp3) is 0.538. The molecule has 1 heterocycles. The second-order valence-corrected chi connectivity index (χ2v) is 3.84. The number of rotatable bonds is 7. The van der Waals surface area contributed by atoms with Crippen LogP contribution in [0, 0.1) is 0 Å². The third-order valence-corrected chi connectivity index (χ3v) is 2.56. The zero-order valence-electron chi connectivity index (χ0n) is 10.6. The Morgan fingerprint density at radius 2 is 2.24 bits per heavy atom. The molecule has 0 bridgehead atoms. The number of aromatic nitrogens is 1. The van der Waals surface area contributed by atoms with Crippen molar-refractivity contribution >= 4 is 5.91 Å². The highest BCUT2D eigenvalue weighted by molar-refractivity contribution is 5.75. The minimum atomic E-state index is 0.0942. The average molecular weight is 235 g/mol. The van der Waals surface area contributed by atoms with Crippen LogP contribution < -0.4 is 10.6 Å². The molecule has 0 radical (unpaired) electrons. The molecule has 0 unspecified atom stereocenters. The molecule has 1 aromatic rings. The van der Waals surface area contributed by atoms with Crippen LogP contribution >= 0.6 is 0 Å². The molecular weight excluding hydrogens is 214 g/mol. The van der Waals surface area contributed by atoms with Crippen molar-refractivity contribution in [1.82, 2.24) is 15.6 Å². The molecule has 0 aliphatic carbocycles. The second kappa shape index (κ2) is 7.79. The van der Waals surface area contributed by atoms with Crippen molar-refractivity contribution in [1.29, 1.82) is 0 Å². The lowest BCUT2D eigenvalue weighted by atomic mass is 10.1. The maximum atomic E-state index is 11.2. The highest BCUT2D eigenvalue weighted by Crippen LogP contribution is 2.05. The predicted octanol–water partition coefficient (Wildman–Crippen LogP) is 1.26. The number of amides is 1. The van der Waals surface area contributed by atoms with Crippen LogP contribution in [0.15, 0.2) is 18.3 Å². The Morgan fingerprint density at radius 1 is 1.41 bits per heavy atom. The summed E-state index contributed by atoms with van der Waals surface area (Å²) >= 11 is 0. The number of carbonyl (C=O) groups is 1. The molecule has 0 aromatic carbocycles. The standard InChI is InChI=1S/C13H21N3O/c1-3-11-6-5-8-16-12(11)10-14-9-7-13(17)15-4-2/h5-6,8,14H,3-4,7,9-10H2,1-2H3,(H,15,17). The van der Waals surface area contributed by atoms with E-state index in [0.29, 0.717) is 19.5 Å². The van der Waals surface area contributed by atoms with Gasteiger partial charge < -0.3 is 10.6 Å². The van der Waals surface area contributed by atoms with E-state index in [2.05, 4.69) is 28.6 Å². The van der Waals surface area contributed by atoms with Crippen LogP contribution in [-0.4, -0.2) is 24.0 Å². The Hall–Kier alpha value is -1.42. The monoisotopic (exact) mass is 235 g/mol. The van der Waals surface area contributed by atoms with Gasteiger partial charge in [0, 0.05) is 32.3 Å². The SMILES string of the molecule is CCNC(=O)CCNCc1ncccc1CC. The van der Waals surface area contributed by atoms with Crippen LogP contribution in [0.3, 0.4) is 0 Å². The molecule has 0 saturated carbocycles. The van der Waals surface area contributed by atoms with E-state index >= 15 is 0 Å². The first kappa shape index (κ1) is 13.6. The fourth-order valence-corrected chi connectivity index (χ4v) is 1.65. The Bertz CT molecular complexity index is 352. The van der Waals surface area contributed by atoms with Gasteiger partial charge in [0.25, 0.3) is 0 Å². The quantitative estimate of drug-likeness (QED) is 0.700. The van der Waals surface area contributed by atoms with Gasteiger partial charge in [-0.1, -0.05) is 13.0 Å². The number of pyridine rings is 1. The molecule has 4 heteroatoms. The summed E-state index contributed by atoms with van der Waals surface area (Å²) in [7, 11) is 0. The van der Waals surface area contributed by atoms with Crippen LogP contribution in [0.4, 0.5) is 0 Å². The minimum absolute atomic E-state index is 0.0942. The van der Waals surface area contributed by atoms with E-state index in [0.717, 1.165) is 18.7 Å². The molecule has 94 valence electrons. The van der Waals surface area contributed by atoms with E-state index in [1.54, 1.807) is 6.20 Å². The lowest BCUT2D eigenvalue weighted by Crippen LogP contribution is -2.27. The third kappa shape index (κ3) is 4.95. The van der Waals surface area contributed by atoms with Crippen LogP contribution in [-0.2, 0) is 17.8 Å². The normalized spacial score (nSPS) is 10.2. The van der Waals surface area contributed by atoms with Gasteiger partial charge in [-0.05, 0) is 25.0 Å². The van der Waals surface area contributed by atoms with Gasteiger partial charge in [-0.25, -0.2) is 0 Å². The smallest absolute Gasteiger partial charge is 0.221 e. The van der Waals surface area contributed by atoms with E-state index in [9.17, 15) is 4.79 Å². The summed E-state index contributed by atoms with van der Waals surface area (Å²) in [6.07, 6.45) is 3.31. The van der Waals surface area contributed by atoms with Crippen LogP contribution in [0.25, 0.3) is 0 Å². The highest BCUT2D eigenvalue weighted by atomic mass is 16.1. The summed E-state index contributed by atoms with van der Waals surface area (Å²) in [4.78, 5) is 15.6. The van der Waals surface area contributed by atoms with Crippen molar-refractivity contribution in [3.8, 4) is 0 Å². The second-order valence-electron chi connectivity index (χ2n) is 3.84. The number of nitrogens with one attached hydrogen (secondary N) is 2. The van der Waals surface area contributed by atoms with Gasteiger partial charge in [0.15, 0.2) is 0 Å². The summed E-state index contributed by atoms with van der Waals surface area (Å²) in [5, 5.41) is 6.01. The van der Waals surface area contributed by atoms with E-state index < -0.39 is 0 Å². The van der Waals surface area contributed by atoms with Gasteiger partial charge in [-0.2, -0.15) is 0 Å². The van der Waals surface area contributed by atoms with E-state index in [1.807, 2.05) is 13.0 Å². The maximum absolute atomic E-state index is 11.2. The molecule has 0 fully saturated rings. The largest absolute Gasteiger partial charge is 0.356 e. The van der Waals surface area contributed by atoms with Gasteiger partial charge in [0.05, 0.1) is 5.69 Å². The molecule has 1 amide bonds. The number of carbonyl (C=O) groups excluding carboxylic acids is 1. The summed E-state index contributed by atoms with van der Waals surface area (Å²) in [5.74, 6) is 0.0942. The molecule has 0 aliphatic rings. The summed E-state index contributed by atoms with van der Waals surface area (Å²) in [6.45, 7) is 6.15. The van der Waals surface area contributed by atoms with Gasteiger partial charge in [-0.15, -0.1) is 0 Å². The summed E-state index contributed by atoms with van der Waals surface area (Å²) in [6, 6.07) is 4.05. The Morgan fingerprint density at radius 3 is 2.94 bits per heavy atom. The Kier molecular flexibility index (Phi) is 6.25. The average Bonchev–Trinajstić information content (AvgIpc) is 2.35. The van der Waals surface area contributed by atoms with Crippen LogP contribution in [0.2, 0.25) is 0 Å². The third-order valence-electron chi connectivity index (χ3n) is 2.56. The first-order chi connectivity index (χ1) is 8.27. The minimum Gasteiger partial charge on any atom is -0.356 e. The fourth-order valence-electron chi connectivity index (χ4n) is 1.65. The molecule has 1 rings (SSSR count). The Balaban J connectivity index is 2.28. The van der Waals surface area contributed by atoms with Gasteiger partial charge >= 0.3 is 0 Å². The van der Waals surface area contributed by atoms with Gasteiger partial charge in [0.2, 0.25) is 5.91 Å². The van der Waals surface area contributed by atoms with Gasteiger partial charge in [-0.3, -0.25) is 9.78 Å². The lowest BCUT2D eigenvalue weighted by Gasteiger charge is -2.08. The molecule has 0 aliphatic heterocycles. The topological polar surface area (TPSA) is 54.0 Å².